The molecule has 0 aliphatic carbocycles. The van der Waals surface area contributed by atoms with E-state index < -0.39 is 0 Å². The first-order valence-corrected chi connectivity index (χ1v) is 5.29. The summed E-state index contributed by atoms with van der Waals surface area (Å²) in [5.74, 6) is -0.238. The van der Waals surface area contributed by atoms with Crippen molar-refractivity contribution in [3.63, 3.8) is 0 Å². The van der Waals surface area contributed by atoms with Crippen LogP contribution < -0.4 is 5.32 Å². The summed E-state index contributed by atoms with van der Waals surface area (Å²) in [6.45, 7) is 2.57. The van der Waals surface area contributed by atoms with Gasteiger partial charge in [-0.1, -0.05) is 11.6 Å². The molecule has 0 fully saturated rings. The fourth-order valence-corrected chi connectivity index (χ4v) is 1.45. The Morgan fingerprint density at radius 2 is 2.27 bits per heavy atom. The van der Waals surface area contributed by atoms with Crippen molar-refractivity contribution in [1.29, 1.82) is 0 Å². The van der Waals surface area contributed by atoms with Crippen molar-refractivity contribution < 1.29 is 9.50 Å². The maximum atomic E-state index is 13.2. The van der Waals surface area contributed by atoms with E-state index >= 15 is 0 Å². The second-order valence-electron chi connectivity index (χ2n) is 3.52. The molecule has 1 atom stereocenters. The van der Waals surface area contributed by atoms with Gasteiger partial charge in [-0.3, -0.25) is 0 Å². The third-order valence-electron chi connectivity index (χ3n) is 2.17. The molecule has 0 radical (unpaired) electrons. The number of benzene rings is 1. The van der Waals surface area contributed by atoms with Crippen LogP contribution in [-0.2, 0) is 6.42 Å². The van der Waals surface area contributed by atoms with Crippen LogP contribution in [0.5, 0.6) is 0 Å². The fourth-order valence-electron chi connectivity index (χ4n) is 1.25. The summed E-state index contributed by atoms with van der Waals surface area (Å²) in [6, 6.07) is 4.56. The Bertz CT molecular complexity index is 319. The highest BCUT2D eigenvalue weighted by Gasteiger charge is 2.03. The lowest BCUT2D eigenvalue weighted by Gasteiger charge is -2.10. The summed E-state index contributed by atoms with van der Waals surface area (Å²) in [5.41, 5.74) is 0.597. The number of halogens is 2. The smallest absolute Gasteiger partial charge is 0.126 e. The third-order valence-corrected chi connectivity index (χ3v) is 2.40. The summed E-state index contributed by atoms with van der Waals surface area (Å²) in [4.78, 5) is 0. The summed E-state index contributed by atoms with van der Waals surface area (Å²) in [5, 5.41) is 12.4. The van der Waals surface area contributed by atoms with Gasteiger partial charge in [-0.15, -0.1) is 0 Å². The van der Waals surface area contributed by atoms with Gasteiger partial charge in [0.05, 0.1) is 6.61 Å². The molecule has 1 unspecified atom stereocenters. The Labute approximate surface area is 94.1 Å². The highest BCUT2D eigenvalue weighted by atomic mass is 35.5. The molecule has 0 spiro atoms. The van der Waals surface area contributed by atoms with E-state index in [9.17, 15) is 4.39 Å². The van der Waals surface area contributed by atoms with Gasteiger partial charge in [0, 0.05) is 11.1 Å². The first-order chi connectivity index (χ1) is 7.13. The molecule has 0 heterocycles. The number of hydrogen-bond donors (Lipinski definition) is 2. The summed E-state index contributed by atoms with van der Waals surface area (Å²) in [6.07, 6.45) is 0.566. The molecule has 1 aromatic carbocycles. The van der Waals surface area contributed by atoms with Crippen LogP contribution in [0.3, 0.4) is 0 Å². The molecule has 0 aliphatic heterocycles. The molecule has 0 bridgehead atoms. The average Bonchev–Trinajstić information content (AvgIpc) is 2.23. The van der Waals surface area contributed by atoms with Gasteiger partial charge < -0.3 is 10.4 Å². The Hall–Kier alpha value is -0.640. The molecule has 0 saturated carbocycles. The minimum absolute atomic E-state index is 0.0345. The Morgan fingerprint density at radius 1 is 1.53 bits per heavy atom. The van der Waals surface area contributed by atoms with Crippen molar-refractivity contribution in [2.24, 2.45) is 0 Å². The molecule has 0 saturated heterocycles. The summed E-state index contributed by atoms with van der Waals surface area (Å²) in [7, 11) is 0. The third kappa shape index (κ3) is 4.16. The van der Waals surface area contributed by atoms with E-state index in [0.29, 0.717) is 23.6 Å². The quantitative estimate of drug-likeness (QED) is 0.813. The molecule has 1 aromatic rings. The van der Waals surface area contributed by atoms with E-state index in [0.717, 1.165) is 0 Å². The van der Waals surface area contributed by atoms with Crippen LogP contribution in [0.4, 0.5) is 4.39 Å². The molecule has 4 heteroatoms. The van der Waals surface area contributed by atoms with Gasteiger partial charge in [-0.2, -0.15) is 0 Å². The Kier molecular flexibility index (Phi) is 5.02. The van der Waals surface area contributed by atoms with Gasteiger partial charge in [0.25, 0.3) is 0 Å². The minimum Gasteiger partial charge on any atom is -0.395 e. The zero-order chi connectivity index (χ0) is 11.3. The summed E-state index contributed by atoms with van der Waals surface area (Å²) < 4.78 is 13.2. The second kappa shape index (κ2) is 6.05. The highest BCUT2D eigenvalue weighted by molar-refractivity contribution is 6.30. The first-order valence-electron chi connectivity index (χ1n) is 4.91. The normalized spacial score (nSPS) is 12.8. The largest absolute Gasteiger partial charge is 0.395 e. The monoisotopic (exact) mass is 231 g/mol. The van der Waals surface area contributed by atoms with Crippen molar-refractivity contribution in [2.45, 2.75) is 19.4 Å². The van der Waals surface area contributed by atoms with Gasteiger partial charge in [0.2, 0.25) is 0 Å². The van der Waals surface area contributed by atoms with Gasteiger partial charge in [-0.25, -0.2) is 4.39 Å². The molecule has 1 rings (SSSR count). The van der Waals surface area contributed by atoms with E-state index in [2.05, 4.69) is 5.32 Å². The number of hydrogen-bond acceptors (Lipinski definition) is 2. The molecule has 0 aliphatic rings. The van der Waals surface area contributed by atoms with E-state index in [-0.39, 0.29) is 18.5 Å². The topological polar surface area (TPSA) is 32.3 Å². The summed E-state index contributed by atoms with van der Waals surface area (Å²) >= 11 is 5.76. The maximum Gasteiger partial charge on any atom is 0.126 e. The lowest BCUT2D eigenvalue weighted by atomic mass is 10.1. The second-order valence-corrected chi connectivity index (χ2v) is 3.96. The predicted molar refractivity (Wildman–Crippen MR) is 59.7 cm³/mol. The minimum atomic E-state index is -0.238. The van der Waals surface area contributed by atoms with Crippen LogP contribution in [0.2, 0.25) is 5.02 Å². The molecule has 0 amide bonds. The van der Waals surface area contributed by atoms with Crippen LogP contribution in [0.1, 0.15) is 12.5 Å². The molecule has 2 N–H and O–H groups in total. The van der Waals surface area contributed by atoms with E-state index in [4.69, 9.17) is 16.7 Å². The Morgan fingerprint density at radius 3 is 2.93 bits per heavy atom. The standard InChI is InChI=1S/C11H15ClFNO/c1-8(7-15)14-5-4-9-6-10(12)2-3-11(9)13/h2-3,6,8,14-15H,4-5,7H2,1H3. The van der Waals surface area contributed by atoms with E-state index in [1.807, 2.05) is 6.92 Å². The number of aliphatic hydroxyl groups is 1. The van der Waals surface area contributed by atoms with Crippen molar-refractivity contribution in [1.82, 2.24) is 5.32 Å². The molecular weight excluding hydrogens is 217 g/mol. The molecule has 15 heavy (non-hydrogen) atoms. The maximum absolute atomic E-state index is 13.2. The van der Waals surface area contributed by atoms with Crippen molar-refractivity contribution in [3.8, 4) is 0 Å². The van der Waals surface area contributed by atoms with Crippen LogP contribution in [0, 0.1) is 5.82 Å². The van der Waals surface area contributed by atoms with Crippen LogP contribution >= 0.6 is 11.6 Å². The van der Waals surface area contributed by atoms with Crippen LogP contribution in [-0.4, -0.2) is 24.3 Å². The Balaban J connectivity index is 2.46. The fraction of sp³-hybridized carbons (Fsp3) is 0.455. The van der Waals surface area contributed by atoms with Gasteiger partial charge in [0.1, 0.15) is 5.82 Å². The SMILES string of the molecule is CC(CO)NCCc1cc(Cl)ccc1F. The lowest BCUT2D eigenvalue weighted by molar-refractivity contribution is 0.252. The van der Waals surface area contributed by atoms with Gasteiger partial charge >= 0.3 is 0 Å². The predicted octanol–water partition coefficient (Wildman–Crippen LogP) is 1.99. The van der Waals surface area contributed by atoms with Crippen molar-refractivity contribution in [3.05, 3.63) is 34.6 Å². The highest BCUT2D eigenvalue weighted by Crippen LogP contribution is 2.14. The average molecular weight is 232 g/mol. The molecule has 84 valence electrons. The van der Waals surface area contributed by atoms with Gasteiger partial charge in [-0.05, 0) is 43.7 Å². The molecule has 0 aromatic heterocycles. The zero-order valence-electron chi connectivity index (χ0n) is 8.63. The number of nitrogens with one attached hydrogen (secondary N) is 1. The first kappa shape index (κ1) is 12.4. The lowest BCUT2D eigenvalue weighted by Crippen LogP contribution is -2.31. The molecule has 2 nitrogen and oxygen atoms in total. The zero-order valence-corrected chi connectivity index (χ0v) is 9.39. The van der Waals surface area contributed by atoms with Crippen molar-refractivity contribution in [2.75, 3.05) is 13.2 Å². The number of rotatable bonds is 5. The van der Waals surface area contributed by atoms with Crippen LogP contribution in [0.15, 0.2) is 18.2 Å². The van der Waals surface area contributed by atoms with E-state index in [1.54, 1.807) is 6.07 Å². The number of aliphatic hydroxyl groups excluding tert-OH is 1. The van der Waals surface area contributed by atoms with Crippen molar-refractivity contribution >= 4 is 11.6 Å². The van der Waals surface area contributed by atoms with Gasteiger partial charge in [0.15, 0.2) is 0 Å². The molecular formula is C11H15ClFNO. The van der Waals surface area contributed by atoms with E-state index in [1.165, 1.54) is 12.1 Å². The van der Waals surface area contributed by atoms with Crippen LogP contribution in [0.25, 0.3) is 0 Å².